The van der Waals surface area contributed by atoms with E-state index in [1.54, 1.807) is 0 Å². The van der Waals surface area contributed by atoms with Gasteiger partial charge >= 0.3 is 0 Å². The van der Waals surface area contributed by atoms with Crippen LogP contribution in [0.3, 0.4) is 0 Å². The maximum Gasteiger partial charge on any atom is 0.225 e. The van der Waals surface area contributed by atoms with Crippen molar-refractivity contribution in [1.29, 1.82) is 0 Å². The van der Waals surface area contributed by atoms with E-state index < -0.39 is 0 Å². The van der Waals surface area contributed by atoms with Crippen LogP contribution < -0.4 is 0 Å². The summed E-state index contributed by atoms with van der Waals surface area (Å²) in [6.07, 6.45) is 8.41. The van der Waals surface area contributed by atoms with E-state index >= 15 is 0 Å². The van der Waals surface area contributed by atoms with Gasteiger partial charge in [-0.15, -0.1) is 0 Å². The monoisotopic (exact) mass is 195 g/mol. The van der Waals surface area contributed by atoms with Crippen LogP contribution in [0.4, 0.5) is 0 Å². The molecule has 0 spiro atoms. The minimum atomic E-state index is 0.377. The number of likely N-dealkylation sites (tertiary alicyclic amines) is 1. The molecule has 0 bridgehead atoms. The number of carbonyl (C=O) groups excluding carboxylic acids is 1. The second-order valence-corrected chi connectivity index (χ2v) is 4.72. The smallest absolute Gasteiger partial charge is 0.225 e. The molecule has 1 unspecified atom stereocenters. The lowest BCUT2D eigenvalue weighted by atomic mass is 10.1. The zero-order chi connectivity index (χ0) is 9.97. The van der Waals surface area contributed by atoms with Crippen LogP contribution in [0.5, 0.6) is 0 Å². The fourth-order valence-electron chi connectivity index (χ4n) is 2.96. The highest BCUT2D eigenvalue weighted by atomic mass is 16.2. The van der Waals surface area contributed by atoms with E-state index in [1.807, 2.05) is 0 Å². The maximum atomic E-state index is 12.1. The summed E-state index contributed by atoms with van der Waals surface area (Å²) in [6, 6.07) is 0.558. The standard InChI is InChI=1S/C12H21NO/c1-2-11-8-5-9-13(11)12(14)10-6-3-4-7-10/h10-11H,2-9H2,1H3. The van der Waals surface area contributed by atoms with Crippen molar-refractivity contribution >= 4 is 5.91 Å². The zero-order valence-corrected chi connectivity index (χ0v) is 9.17. The molecule has 0 N–H and O–H groups in total. The number of hydrogen-bond acceptors (Lipinski definition) is 1. The van der Waals surface area contributed by atoms with Gasteiger partial charge < -0.3 is 4.90 Å². The Kier molecular flexibility index (Phi) is 3.09. The van der Waals surface area contributed by atoms with Gasteiger partial charge in [0, 0.05) is 18.5 Å². The summed E-state index contributed by atoms with van der Waals surface area (Å²) in [7, 11) is 0. The van der Waals surface area contributed by atoms with Crippen LogP contribution in [-0.4, -0.2) is 23.4 Å². The minimum absolute atomic E-state index is 0.377. The average Bonchev–Trinajstić information content (AvgIpc) is 2.87. The molecule has 0 aromatic rings. The summed E-state index contributed by atoms with van der Waals surface area (Å²) < 4.78 is 0. The first-order chi connectivity index (χ1) is 6.83. The van der Waals surface area contributed by atoms with Gasteiger partial charge in [-0.2, -0.15) is 0 Å². The quantitative estimate of drug-likeness (QED) is 0.663. The molecule has 1 atom stereocenters. The lowest BCUT2D eigenvalue weighted by Crippen LogP contribution is -2.38. The zero-order valence-electron chi connectivity index (χ0n) is 9.17. The molecule has 2 aliphatic rings. The van der Waals surface area contributed by atoms with Crippen LogP contribution in [0.25, 0.3) is 0 Å². The van der Waals surface area contributed by atoms with E-state index in [0.717, 1.165) is 25.8 Å². The van der Waals surface area contributed by atoms with Gasteiger partial charge in [0.1, 0.15) is 0 Å². The number of amides is 1. The Balaban J connectivity index is 1.95. The van der Waals surface area contributed by atoms with E-state index in [1.165, 1.54) is 25.7 Å². The van der Waals surface area contributed by atoms with Gasteiger partial charge in [0.2, 0.25) is 5.91 Å². The lowest BCUT2D eigenvalue weighted by molar-refractivity contribution is -0.136. The molecule has 1 amide bonds. The third-order valence-electron chi connectivity index (χ3n) is 3.84. The van der Waals surface area contributed by atoms with Gasteiger partial charge in [0.05, 0.1) is 0 Å². The fourth-order valence-corrected chi connectivity index (χ4v) is 2.96. The first-order valence-corrected chi connectivity index (χ1v) is 6.13. The van der Waals surface area contributed by atoms with Gasteiger partial charge in [0.25, 0.3) is 0 Å². The SMILES string of the molecule is CCC1CCCN1C(=O)C1CCCC1. The van der Waals surface area contributed by atoms with Gasteiger partial charge in [0.15, 0.2) is 0 Å². The van der Waals surface area contributed by atoms with Gasteiger partial charge in [-0.05, 0) is 32.1 Å². The Labute approximate surface area is 86.7 Å². The van der Waals surface area contributed by atoms with Gasteiger partial charge in [-0.25, -0.2) is 0 Å². The molecule has 80 valence electrons. The highest BCUT2D eigenvalue weighted by Crippen LogP contribution is 2.30. The van der Waals surface area contributed by atoms with Crippen molar-refractivity contribution in [2.24, 2.45) is 5.92 Å². The van der Waals surface area contributed by atoms with E-state index in [4.69, 9.17) is 0 Å². The summed E-state index contributed by atoms with van der Waals surface area (Å²) in [6.45, 7) is 3.22. The molecule has 14 heavy (non-hydrogen) atoms. The molecule has 0 radical (unpaired) electrons. The third-order valence-corrected chi connectivity index (χ3v) is 3.84. The van der Waals surface area contributed by atoms with Crippen molar-refractivity contribution in [3.63, 3.8) is 0 Å². The van der Waals surface area contributed by atoms with Crippen LogP contribution in [0, 0.1) is 5.92 Å². The maximum absolute atomic E-state index is 12.1. The van der Waals surface area contributed by atoms with Gasteiger partial charge in [-0.3, -0.25) is 4.79 Å². The number of hydrogen-bond donors (Lipinski definition) is 0. The molecule has 0 aromatic heterocycles. The van der Waals surface area contributed by atoms with Gasteiger partial charge in [-0.1, -0.05) is 19.8 Å². The Hall–Kier alpha value is -0.530. The summed E-state index contributed by atoms with van der Waals surface area (Å²) >= 11 is 0. The van der Waals surface area contributed by atoms with E-state index in [2.05, 4.69) is 11.8 Å². The highest BCUT2D eigenvalue weighted by molar-refractivity contribution is 5.79. The van der Waals surface area contributed by atoms with Crippen LogP contribution in [0.15, 0.2) is 0 Å². The molecule has 0 aromatic carbocycles. The summed E-state index contributed by atoms with van der Waals surface area (Å²) in [5.41, 5.74) is 0. The predicted molar refractivity (Wildman–Crippen MR) is 57.0 cm³/mol. The molecule has 2 nitrogen and oxygen atoms in total. The molecular weight excluding hydrogens is 174 g/mol. The van der Waals surface area contributed by atoms with E-state index in [-0.39, 0.29) is 0 Å². The largest absolute Gasteiger partial charge is 0.339 e. The van der Waals surface area contributed by atoms with Crippen LogP contribution in [0.1, 0.15) is 51.9 Å². The van der Waals surface area contributed by atoms with Crippen molar-refractivity contribution in [1.82, 2.24) is 4.90 Å². The first-order valence-electron chi connectivity index (χ1n) is 6.13. The molecule has 2 heteroatoms. The Morgan fingerprint density at radius 1 is 1.21 bits per heavy atom. The minimum Gasteiger partial charge on any atom is -0.339 e. The van der Waals surface area contributed by atoms with Crippen molar-refractivity contribution in [3.05, 3.63) is 0 Å². The molecule has 1 aliphatic heterocycles. The van der Waals surface area contributed by atoms with Crippen molar-refractivity contribution < 1.29 is 4.79 Å². The Morgan fingerprint density at radius 3 is 2.57 bits per heavy atom. The summed E-state index contributed by atoms with van der Waals surface area (Å²) in [5.74, 6) is 0.842. The van der Waals surface area contributed by atoms with Crippen LogP contribution >= 0.6 is 0 Å². The lowest BCUT2D eigenvalue weighted by Gasteiger charge is -2.26. The number of carbonyl (C=O) groups is 1. The third kappa shape index (κ3) is 1.79. The first kappa shape index (κ1) is 10.0. The molecular formula is C12H21NO. The summed E-state index contributed by atoms with van der Waals surface area (Å²) in [5, 5.41) is 0. The average molecular weight is 195 g/mol. The second-order valence-electron chi connectivity index (χ2n) is 4.72. The number of rotatable bonds is 2. The molecule has 1 saturated carbocycles. The van der Waals surface area contributed by atoms with Crippen molar-refractivity contribution in [3.8, 4) is 0 Å². The molecule has 2 fully saturated rings. The Morgan fingerprint density at radius 2 is 1.93 bits per heavy atom. The predicted octanol–water partition coefficient (Wildman–Crippen LogP) is 2.58. The van der Waals surface area contributed by atoms with E-state index in [9.17, 15) is 4.79 Å². The van der Waals surface area contributed by atoms with Crippen molar-refractivity contribution in [2.75, 3.05) is 6.54 Å². The topological polar surface area (TPSA) is 20.3 Å². The normalized spacial score (nSPS) is 28.6. The van der Waals surface area contributed by atoms with Crippen LogP contribution in [0.2, 0.25) is 0 Å². The second kappa shape index (κ2) is 4.33. The summed E-state index contributed by atoms with van der Waals surface area (Å²) in [4.78, 5) is 14.3. The Bertz CT molecular complexity index is 208. The molecule has 1 heterocycles. The highest BCUT2D eigenvalue weighted by Gasteiger charge is 2.33. The molecule has 2 rings (SSSR count). The molecule has 1 aliphatic carbocycles. The van der Waals surface area contributed by atoms with E-state index in [0.29, 0.717) is 17.9 Å². The number of nitrogens with zero attached hydrogens (tertiary/aromatic N) is 1. The fraction of sp³-hybridized carbons (Fsp3) is 0.917. The van der Waals surface area contributed by atoms with Crippen LogP contribution in [-0.2, 0) is 4.79 Å². The molecule has 1 saturated heterocycles. The van der Waals surface area contributed by atoms with Crippen molar-refractivity contribution in [2.45, 2.75) is 57.9 Å².